The molecule has 2 N–H and O–H groups in total. The Labute approximate surface area is 103 Å². The lowest BCUT2D eigenvalue weighted by molar-refractivity contribution is 0.404. The Morgan fingerprint density at radius 3 is 2.67 bits per heavy atom. The summed E-state index contributed by atoms with van der Waals surface area (Å²) in [5, 5.41) is 18.8. The number of aryl methyl sites for hydroxylation is 1. The molecule has 5 heteroatoms. The highest BCUT2D eigenvalue weighted by Crippen LogP contribution is 2.31. The van der Waals surface area contributed by atoms with Crippen LogP contribution in [-0.4, -0.2) is 24.7 Å². The molecule has 0 radical (unpaired) electrons. The van der Waals surface area contributed by atoms with E-state index in [4.69, 9.17) is 0 Å². The summed E-state index contributed by atoms with van der Waals surface area (Å²) in [6, 6.07) is 6.48. The third-order valence-electron chi connectivity index (χ3n) is 2.92. The van der Waals surface area contributed by atoms with Crippen LogP contribution in [0, 0.1) is 0 Å². The molecule has 0 saturated carbocycles. The van der Waals surface area contributed by atoms with Crippen LogP contribution in [0.2, 0.25) is 0 Å². The quantitative estimate of drug-likeness (QED) is 0.639. The number of hydrogen-bond donors (Lipinski definition) is 2. The first-order chi connectivity index (χ1) is 8.66. The van der Waals surface area contributed by atoms with Gasteiger partial charge in [0.25, 0.3) is 0 Å². The van der Waals surface area contributed by atoms with Crippen molar-refractivity contribution in [2.45, 2.75) is 0 Å². The van der Waals surface area contributed by atoms with Gasteiger partial charge in [0, 0.05) is 18.8 Å². The Balaban J connectivity index is 2.25. The molecule has 0 amide bonds. The van der Waals surface area contributed by atoms with Gasteiger partial charge in [-0.1, -0.05) is 0 Å². The van der Waals surface area contributed by atoms with E-state index in [9.17, 15) is 10.2 Å². The molecule has 2 heterocycles. The normalized spacial score (nSPS) is 10.9. The molecule has 0 unspecified atom stereocenters. The van der Waals surface area contributed by atoms with Crippen LogP contribution in [0.4, 0.5) is 0 Å². The van der Waals surface area contributed by atoms with Crippen LogP contribution in [0.25, 0.3) is 22.4 Å². The predicted molar refractivity (Wildman–Crippen MR) is 67.3 cm³/mol. The SMILES string of the molecule is Cn1c(-c2ccc(O)c(O)c2)nc2ccncc21. The van der Waals surface area contributed by atoms with E-state index >= 15 is 0 Å². The van der Waals surface area contributed by atoms with Crippen LogP contribution in [0.15, 0.2) is 36.7 Å². The molecule has 0 spiro atoms. The van der Waals surface area contributed by atoms with Gasteiger partial charge < -0.3 is 14.8 Å². The van der Waals surface area contributed by atoms with Crippen molar-refractivity contribution in [3.63, 3.8) is 0 Å². The number of phenolic OH excluding ortho intramolecular Hbond substituents is 2. The van der Waals surface area contributed by atoms with E-state index in [-0.39, 0.29) is 11.5 Å². The van der Waals surface area contributed by atoms with Gasteiger partial charge in [0.15, 0.2) is 11.5 Å². The summed E-state index contributed by atoms with van der Waals surface area (Å²) < 4.78 is 1.90. The summed E-state index contributed by atoms with van der Waals surface area (Å²) in [6.45, 7) is 0. The average molecular weight is 241 g/mol. The van der Waals surface area contributed by atoms with Crippen molar-refractivity contribution < 1.29 is 10.2 Å². The lowest BCUT2D eigenvalue weighted by Crippen LogP contribution is -1.92. The van der Waals surface area contributed by atoms with Gasteiger partial charge in [-0.3, -0.25) is 4.98 Å². The van der Waals surface area contributed by atoms with Gasteiger partial charge >= 0.3 is 0 Å². The molecule has 3 aromatic rings. The highest BCUT2D eigenvalue weighted by molar-refractivity contribution is 5.79. The van der Waals surface area contributed by atoms with Crippen molar-refractivity contribution in [2.75, 3.05) is 0 Å². The Morgan fingerprint density at radius 2 is 1.94 bits per heavy atom. The molecule has 5 nitrogen and oxygen atoms in total. The molecule has 90 valence electrons. The fourth-order valence-corrected chi connectivity index (χ4v) is 1.96. The first-order valence-corrected chi connectivity index (χ1v) is 5.45. The van der Waals surface area contributed by atoms with Gasteiger partial charge in [0.1, 0.15) is 5.82 Å². The zero-order valence-electron chi connectivity index (χ0n) is 9.70. The first-order valence-electron chi connectivity index (χ1n) is 5.45. The lowest BCUT2D eigenvalue weighted by atomic mass is 10.2. The monoisotopic (exact) mass is 241 g/mol. The van der Waals surface area contributed by atoms with Crippen LogP contribution in [-0.2, 0) is 7.05 Å². The number of fused-ring (bicyclic) bond motifs is 1. The van der Waals surface area contributed by atoms with Crippen molar-refractivity contribution in [1.29, 1.82) is 0 Å². The Morgan fingerprint density at radius 1 is 1.11 bits per heavy atom. The number of rotatable bonds is 1. The number of nitrogens with zero attached hydrogens (tertiary/aromatic N) is 3. The molecule has 0 fully saturated rings. The number of benzene rings is 1. The number of aromatic nitrogens is 3. The molecule has 0 saturated heterocycles. The summed E-state index contributed by atoms with van der Waals surface area (Å²) in [7, 11) is 1.89. The molecule has 2 aromatic heterocycles. The molecule has 18 heavy (non-hydrogen) atoms. The largest absolute Gasteiger partial charge is 0.504 e. The van der Waals surface area contributed by atoms with Gasteiger partial charge in [-0.15, -0.1) is 0 Å². The van der Waals surface area contributed by atoms with E-state index in [2.05, 4.69) is 9.97 Å². The minimum absolute atomic E-state index is 0.140. The predicted octanol–water partition coefficient (Wildman–Crippen LogP) is 2.05. The average Bonchev–Trinajstić information content (AvgIpc) is 2.71. The van der Waals surface area contributed by atoms with Crippen molar-refractivity contribution >= 4 is 11.0 Å². The standard InChI is InChI=1S/C13H11N3O2/c1-16-10-7-14-5-4-9(10)15-13(16)8-2-3-11(17)12(18)6-8/h2-7,17-18H,1H3. The maximum atomic E-state index is 9.53. The topological polar surface area (TPSA) is 71.2 Å². The summed E-state index contributed by atoms with van der Waals surface area (Å²) in [5.41, 5.74) is 2.50. The summed E-state index contributed by atoms with van der Waals surface area (Å²) >= 11 is 0. The summed E-state index contributed by atoms with van der Waals surface area (Å²) in [6.07, 6.45) is 3.43. The minimum Gasteiger partial charge on any atom is -0.504 e. The highest BCUT2D eigenvalue weighted by atomic mass is 16.3. The summed E-state index contributed by atoms with van der Waals surface area (Å²) in [5.74, 6) is 0.421. The number of hydrogen-bond acceptors (Lipinski definition) is 4. The zero-order valence-corrected chi connectivity index (χ0v) is 9.70. The van der Waals surface area contributed by atoms with Gasteiger partial charge in [0.2, 0.25) is 0 Å². The lowest BCUT2D eigenvalue weighted by Gasteiger charge is -2.04. The summed E-state index contributed by atoms with van der Waals surface area (Å²) in [4.78, 5) is 8.55. The van der Waals surface area contributed by atoms with Crippen LogP contribution in [0.3, 0.4) is 0 Å². The van der Waals surface area contributed by atoms with E-state index in [0.29, 0.717) is 5.82 Å². The fourth-order valence-electron chi connectivity index (χ4n) is 1.96. The van der Waals surface area contributed by atoms with Gasteiger partial charge in [-0.05, 0) is 24.3 Å². The zero-order chi connectivity index (χ0) is 12.7. The second-order valence-electron chi connectivity index (χ2n) is 4.06. The van der Waals surface area contributed by atoms with Crippen molar-refractivity contribution in [1.82, 2.24) is 14.5 Å². The highest BCUT2D eigenvalue weighted by Gasteiger charge is 2.11. The van der Waals surface area contributed by atoms with Gasteiger partial charge in [-0.2, -0.15) is 0 Å². The van der Waals surface area contributed by atoms with E-state index in [1.54, 1.807) is 18.5 Å². The van der Waals surface area contributed by atoms with Crippen molar-refractivity contribution in [3.8, 4) is 22.9 Å². The van der Waals surface area contributed by atoms with Crippen LogP contribution >= 0.6 is 0 Å². The van der Waals surface area contributed by atoms with E-state index in [1.807, 2.05) is 17.7 Å². The maximum Gasteiger partial charge on any atom is 0.158 e. The molecule has 0 aliphatic heterocycles. The minimum atomic E-state index is -0.155. The Bertz CT molecular complexity index is 734. The number of aromatic hydroxyl groups is 2. The third kappa shape index (κ3) is 1.48. The van der Waals surface area contributed by atoms with E-state index in [0.717, 1.165) is 16.6 Å². The van der Waals surface area contributed by atoms with Crippen LogP contribution in [0.1, 0.15) is 0 Å². The third-order valence-corrected chi connectivity index (χ3v) is 2.92. The second-order valence-corrected chi connectivity index (χ2v) is 4.06. The molecule has 0 atom stereocenters. The van der Waals surface area contributed by atoms with Crippen molar-refractivity contribution in [3.05, 3.63) is 36.7 Å². The van der Waals surface area contributed by atoms with Crippen LogP contribution < -0.4 is 0 Å². The smallest absolute Gasteiger partial charge is 0.158 e. The van der Waals surface area contributed by atoms with Crippen LogP contribution in [0.5, 0.6) is 11.5 Å². The van der Waals surface area contributed by atoms with E-state index < -0.39 is 0 Å². The molecule has 0 bridgehead atoms. The maximum absolute atomic E-state index is 9.53. The number of pyridine rings is 1. The molecular formula is C13H11N3O2. The van der Waals surface area contributed by atoms with Crippen molar-refractivity contribution in [2.24, 2.45) is 7.05 Å². The Kier molecular flexibility index (Phi) is 2.19. The molecule has 0 aliphatic carbocycles. The second kappa shape index (κ2) is 3.73. The molecule has 3 rings (SSSR count). The number of imidazole rings is 1. The number of phenols is 2. The Hall–Kier alpha value is -2.56. The first kappa shape index (κ1) is 10.6. The van der Waals surface area contributed by atoms with E-state index in [1.165, 1.54) is 12.1 Å². The fraction of sp³-hybridized carbons (Fsp3) is 0.0769. The molecule has 0 aliphatic rings. The van der Waals surface area contributed by atoms with Gasteiger partial charge in [-0.25, -0.2) is 4.98 Å². The molecular weight excluding hydrogens is 230 g/mol. The van der Waals surface area contributed by atoms with Gasteiger partial charge in [0.05, 0.1) is 17.2 Å². The molecule has 1 aromatic carbocycles.